The number of aryl methyl sites for hydroxylation is 1. The van der Waals surface area contributed by atoms with Gasteiger partial charge in [0.15, 0.2) is 0 Å². The predicted octanol–water partition coefficient (Wildman–Crippen LogP) is 3.21. The van der Waals surface area contributed by atoms with E-state index in [0.717, 1.165) is 32.8 Å². The molecule has 0 aliphatic heterocycles. The first kappa shape index (κ1) is 27.5. The van der Waals surface area contributed by atoms with Gasteiger partial charge in [-0.15, -0.1) is 0 Å². The molecule has 0 saturated carbocycles. The minimum absolute atomic E-state index is 0. The van der Waals surface area contributed by atoms with Crippen LogP contribution in [0.15, 0.2) is 59.1 Å². The van der Waals surface area contributed by atoms with E-state index in [-0.39, 0.29) is 35.3 Å². The van der Waals surface area contributed by atoms with Crippen molar-refractivity contribution in [3.8, 4) is 5.75 Å². The van der Waals surface area contributed by atoms with Crippen molar-refractivity contribution >= 4 is 33.0 Å². The van der Waals surface area contributed by atoms with Crippen molar-refractivity contribution in [2.45, 2.75) is 39.0 Å². The molecule has 176 valence electrons. The molecule has 0 unspecified atom stereocenters. The first-order chi connectivity index (χ1) is 16.1. The fraction of sp³-hybridized carbons (Fsp3) is 0.231. The quantitative estimate of drug-likeness (QED) is 0.440. The number of aromatic carboxylic acids is 1. The van der Waals surface area contributed by atoms with Crippen molar-refractivity contribution in [3.63, 3.8) is 0 Å². The summed E-state index contributed by atoms with van der Waals surface area (Å²) in [4.78, 5) is 15.4. The van der Waals surface area contributed by atoms with Crippen LogP contribution in [-0.4, -0.2) is 11.0 Å². The molecule has 9 heteroatoms. The number of nitrogens with zero attached hydrogens (tertiary/aromatic N) is 1. The monoisotopic (exact) mass is 553 g/mol. The van der Waals surface area contributed by atoms with Crippen molar-refractivity contribution in [1.29, 1.82) is 0 Å². The molecule has 0 fully saturated rings. The van der Waals surface area contributed by atoms with E-state index in [1.54, 1.807) is 0 Å². The van der Waals surface area contributed by atoms with E-state index < -0.39 is 23.4 Å². The maximum atomic E-state index is 13.4. The number of aromatic nitrogens is 1. The van der Waals surface area contributed by atoms with Crippen LogP contribution in [-0.2, 0) is 12.8 Å². The number of carboxylic acid groups (broad SMARTS) is 1. The summed E-state index contributed by atoms with van der Waals surface area (Å²) < 4.78 is 47.4. The minimum Gasteiger partial charge on any atom is -0.543 e. The molecule has 0 amide bonds. The second-order valence-electron chi connectivity index (χ2n) is 8.14. The second kappa shape index (κ2) is 11.3. The molecule has 3 aromatic rings. The van der Waals surface area contributed by atoms with Gasteiger partial charge in [-0.25, -0.2) is 4.98 Å². The largest absolute Gasteiger partial charge is 1.00 e. The summed E-state index contributed by atoms with van der Waals surface area (Å²) in [5.41, 5.74) is 2.32. The topological polar surface area (TPSA) is 62.2 Å². The van der Waals surface area contributed by atoms with Crippen LogP contribution in [0.25, 0.3) is 11.1 Å². The molecule has 1 aromatic heterocycles. The molecular formula is C26H20BrF3NNaO3. The van der Waals surface area contributed by atoms with Crippen molar-refractivity contribution in [1.82, 2.24) is 4.98 Å². The molecule has 2 aromatic carbocycles. The zero-order chi connectivity index (χ0) is 24.5. The Kier molecular flexibility index (Phi) is 8.86. The number of alkyl halides is 3. The summed E-state index contributed by atoms with van der Waals surface area (Å²) in [6.07, 6.45) is -2.89. The van der Waals surface area contributed by atoms with E-state index in [4.69, 9.17) is 4.74 Å². The smallest absolute Gasteiger partial charge is 0.543 e. The molecule has 0 saturated heterocycles. The van der Waals surface area contributed by atoms with E-state index in [1.165, 1.54) is 0 Å². The van der Waals surface area contributed by atoms with Gasteiger partial charge in [-0.1, -0.05) is 39.7 Å². The number of carboxylic acids is 1. The van der Waals surface area contributed by atoms with Crippen LogP contribution in [0.5, 0.6) is 5.75 Å². The SMILES string of the molecule is Cc1ccc(OCc2ccc(Br)cc2)c(C2=C(c3cc(C(F)(F)F)cc(C(=O)[O-])n3)CCC2)c1.[Na+]. The molecule has 0 bridgehead atoms. The molecule has 1 heterocycles. The molecule has 4 rings (SSSR count). The number of ether oxygens (including phenoxy) is 1. The summed E-state index contributed by atoms with van der Waals surface area (Å²) in [6.45, 7) is 2.25. The van der Waals surface area contributed by atoms with E-state index >= 15 is 0 Å². The third kappa shape index (κ3) is 6.55. The molecule has 0 atom stereocenters. The molecule has 0 N–H and O–H groups in total. The number of pyridine rings is 1. The predicted molar refractivity (Wildman–Crippen MR) is 124 cm³/mol. The Morgan fingerprint density at radius 2 is 1.74 bits per heavy atom. The Hall–Kier alpha value is -2.13. The van der Waals surface area contributed by atoms with Gasteiger partial charge in [0, 0.05) is 10.0 Å². The Morgan fingerprint density at radius 1 is 1.06 bits per heavy atom. The van der Waals surface area contributed by atoms with Crippen molar-refractivity contribution in [2.75, 3.05) is 0 Å². The van der Waals surface area contributed by atoms with Crippen LogP contribution in [0.4, 0.5) is 13.2 Å². The first-order valence-corrected chi connectivity index (χ1v) is 11.4. The van der Waals surface area contributed by atoms with Gasteiger partial charge in [-0.2, -0.15) is 13.2 Å². The standard InChI is InChI=1S/C26H21BrF3NO3.Na/c1-15-5-10-24(34-14-16-6-8-18(27)9-7-16)21(11-15)19-3-2-4-20(19)22-12-17(26(28,29)30)13-23(31-22)25(32)33;/h5-13H,2-4,14H2,1H3,(H,32,33);/q;+1/p-1. The summed E-state index contributed by atoms with van der Waals surface area (Å²) in [7, 11) is 0. The Bertz CT molecular complexity index is 1270. The first-order valence-electron chi connectivity index (χ1n) is 10.6. The summed E-state index contributed by atoms with van der Waals surface area (Å²) in [5, 5.41) is 11.4. The number of halogens is 4. The van der Waals surface area contributed by atoms with Crippen molar-refractivity contribution < 1.29 is 57.4 Å². The Morgan fingerprint density at radius 3 is 2.40 bits per heavy atom. The van der Waals surface area contributed by atoms with Crippen molar-refractivity contribution in [3.05, 3.63) is 92.7 Å². The minimum atomic E-state index is -4.70. The third-order valence-corrected chi connectivity index (χ3v) is 6.19. The summed E-state index contributed by atoms with van der Waals surface area (Å²) in [5.74, 6) is -1.14. The number of hydrogen-bond donors (Lipinski definition) is 0. The Labute approximate surface area is 231 Å². The van der Waals surface area contributed by atoms with Crippen LogP contribution < -0.4 is 39.4 Å². The number of carbonyl (C=O) groups excluding carboxylic acids is 1. The fourth-order valence-electron chi connectivity index (χ4n) is 4.02. The summed E-state index contributed by atoms with van der Waals surface area (Å²) >= 11 is 3.40. The molecular weight excluding hydrogens is 534 g/mol. The number of hydrogen-bond acceptors (Lipinski definition) is 4. The zero-order valence-electron chi connectivity index (χ0n) is 19.2. The van der Waals surface area contributed by atoms with Crippen LogP contribution >= 0.6 is 15.9 Å². The average molecular weight is 554 g/mol. The summed E-state index contributed by atoms with van der Waals surface area (Å²) in [6, 6.07) is 14.8. The van der Waals surface area contributed by atoms with E-state index in [2.05, 4.69) is 20.9 Å². The number of rotatable bonds is 6. The molecule has 1 aliphatic rings. The van der Waals surface area contributed by atoms with Crippen LogP contribution in [0.2, 0.25) is 0 Å². The fourth-order valence-corrected chi connectivity index (χ4v) is 4.29. The maximum Gasteiger partial charge on any atom is 1.00 e. The molecule has 35 heavy (non-hydrogen) atoms. The van der Waals surface area contributed by atoms with Gasteiger partial charge >= 0.3 is 35.7 Å². The number of benzene rings is 2. The molecule has 0 radical (unpaired) electrons. The van der Waals surface area contributed by atoms with Crippen LogP contribution in [0, 0.1) is 6.92 Å². The van der Waals surface area contributed by atoms with Gasteiger partial charge < -0.3 is 14.6 Å². The van der Waals surface area contributed by atoms with E-state index in [1.807, 2.05) is 49.4 Å². The van der Waals surface area contributed by atoms with Gasteiger partial charge in [-0.05, 0) is 79.3 Å². The molecule has 1 aliphatic carbocycles. The average Bonchev–Trinajstić information content (AvgIpc) is 3.28. The van der Waals surface area contributed by atoms with Gasteiger partial charge in [-0.3, -0.25) is 0 Å². The van der Waals surface area contributed by atoms with Gasteiger partial charge in [0.2, 0.25) is 0 Å². The van der Waals surface area contributed by atoms with Crippen LogP contribution in [0.1, 0.15) is 57.7 Å². The number of allylic oxidation sites excluding steroid dienone is 2. The Balaban J connectivity index is 0.00000342. The molecule has 4 nitrogen and oxygen atoms in total. The van der Waals surface area contributed by atoms with Gasteiger partial charge in [0.25, 0.3) is 0 Å². The second-order valence-corrected chi connectivity index (χ2v) is 9.05. The van der Waals surface area contributed by atoms with Gasteiger partial charge in [0.1, 0.15) is 12.4 Å². The van der Waals surface area contributed by atoms with Crippen molar-refractivity contribution in [2.24, 2.45) is 0 Å². The van der Waals surface area contributed by atoms with E-state index in [9.17, 15) is 23.1 Å². The third-order valence-electron chi connectivity index (χ3n) is 5.66. The van der Waals surface area contributed by atoms with Gasteiger partial charge in [0.05, 0.1) is 22.9 Å². The van der Waals surface area contributed by atoms with E-state index in [0.29, 0.717) is 43.3 Å². The number of carbonyl (C=O) groups is 1. The zero-order valence-corrected chi connectivity index (χ0v) is 22.8. The molecule has 0 spiro atoms. The normalized spacial score (nSPS) is 13.5. The van der Waals surface area contributed by atoms with Crippen LogP contribution in [0.3, 0.4) is 0 Å². The maximum absolute atomic E-state index is 13.4.